The lowest BCUT2D eigenvalue weighted by molar-refractivity contribution is 0.715. The van der Waals surface area contributed by atoms with Gasteiger partial charge in [0, 0.05) is 0 Å². The maximum Gasteiger partial charge on any atom is 0.206 e. The number of thiocarbonyl (C=S) groups is 1. The van der Waals surface area contributed by atoms with Crippen molar-refractivity contribution in [3.8, 4) is 0 Å². The molecule has 0 aliphatic carbocycles. The summed E-state index contributed by atoms with van der Waals surface area (Å²) in [5.41, 5.74) is 6.25. The van der Waals surface area contributed by atoms with E-state index in [2.05, 4.69) is 28.4 Å². The molecule has 0 amide bonds. The van der Waals surface area contributed by atoms with Crippen LogP contribution in [0.25, 0.3) is 0 Å². The van der Waals surface area contributed by atoms with Crippen molar-refractivity contribution in [2.24, 2.45) is 0 Å². The van der Waals surface area contributed by atoms with Crippen LogP contribution < -0.4 is 16.2 Å². The average molecular weight is 102 g/mol. The van der Waals surface area contributed by atoms with E-state index in [0.29, 0.717) is 11.8 Å². The average Bonchev–Trinajstić information content (AvgIpc) is 1.86. The van der Waals surface area contributed by atoms with Crippen molar-refractivity contribution < 1.29 is 0 Å². The highest BCUT2D eigenvalue weighted by atomic mass is 32.1. The Bertz CT molecular complexity index is 63.2. The molecular weight excluding hydrogens is 98.1 g/mol. The molecule has 0 bridgehead atoms. The van der Waals surface area contributed by atoms with Gasteiger partial charge < -0.3 is 5.32 Å². The fraction of sp³-hybridized carbons (Fsp3) is 0.500. The third-order valence-corrected chi connectivity index (χ3v) is 0.735. The molecule has 2 N–H and O–H groups in total. The van der Waals surface area contributed by atoms with Crippen molar-refractivity contribution in [2.45, 2.75) is 0 Å². The summed E-state index contributed by atoms with van der Waals surface area (Å²) < 4.78 is 0. The van der Waals surface area contributed by atoms with E-state index in [4.69, 9.17) is 0 Å². The highest BCUT2D eigenvalue weighted by molar-refractivity contribution is 7.80. The zero-order chi connectivity index (χ0) is 4.41. The molecule has 0 spiro atoms. The summed E-state index contributed by atoms with van der Waals surface area (Å²) in [6.45, 7) is 0.679. The molecule has 3 nitrogen and oxygen atoms in total. The Kier molecular flexibility index (Phi) is 0.894. The first-order valence-electron chi connectivity index (χ1n) is 1.61. The van der Waals surface area contributed by atoms with Gasteiger partial charge in [-0.2, -0.15) is 10.9 Å². The third kappa shape index (κ3) is 0.580. The van der Waals surface area contributed by atoms with Gasteiger partial charge in [0.05, 0.1) is 6.67 Å². The maximum atomic E-state index is 4.58. The minimum absolute atomic E-state index is 0.551. The Morgan fingerprint density at radius 2 is 2.67 bits per heavy atom. The van der Waals surface area contributed by atoms with Gasteiger partial charge in [-0.05, 0) is 12.2 Å². The summed E-state index contributed by atoms with van der Waals surface area (Å²) in [4.78, 5) is 0. The Hall–Kier alpha value is -0.350. The molecule has 1 aliphatic heterocycles. The number of nitrogens with one attached hydrogen (secondary N) is 2. The molecule has 0 saturated carbocycles. The van der Waals surface area contributed by atoms with Gasteiger partial charge in [0.15, 0.2) is 0 Å². The molecular formula is C2H4N3S. The Morgan fingerprint density at radius 1 is 1.83 bits per heavy atom. The second kappa shape index (κ2) is 1.40. The molecule has 0 aromatic heterocycles. The van der Waals surface area contributed by atoms with Crippen molar-refractivity contribution in [1.82, 2.24) is 16.2 Å². The van der Waals surface area contributed by atoms with Gasteiger partial charge in [-0.15, -0.1) is 0 Å². The summed E-state index contributed by atoms with van der Waals surface area (Å²) in [7, 11) is 0. The summed E-state index contributed by atoms with van der Waals surface area (Å²) >= 11 is 4.58. The molecule has 0 unspecified atom stereocenters. The van der Waals surface area contributed by atoms with E-state index >= 15 is 0 Å². The van der Waals surface area contributed by atoms with E-state index in [1.807, 2.05) is 0 Å². The van der Waals surface area contributed by atoms with E-state index in [9.17, 15) is 0 Å². The molecule has 4 heteroatoms. The van der Waals surface area contributed by atoms with Gasteiger partial charge in [-0.3, -0.25) is 0 Å². The molecule has 0 aromatic rings. The predicted octanol–water partition coefficient (Wildman–Crippen LogP) is -1.06. The first kappa shape index (κ1) is 3.83. The van der Waals surface area contributed by atoms with Crippen molar-refractivity contribution in [3.63, 3.8) is 0 Å². The van der Waals surface area contributed by atoms with E-state index in [0.717, 1.165) is 0 Å². The van der Waals surface area contributed by atoms with Crippen LogP contribution in [-0.2, 0) is 0 Å². The number of hydrogen-bond acceptors (Lipinski definition) is 2. The zero-order valence-corrected chi connectivity index (χ0v) is 3.88. The second-order valence-corrected chi connectivity index (χ2v) is 1.32. The van der Waals surface area contributed by atoms with Gasteiger partial charge in [0.1, 0.15) is 0 Å². The van der Waals surface area contributed by atoms with E-state index in [1.165, 1.54) is 0 Å². The number of rotatable bonds is 0. The molecule has 1 fully saturated rings. The lowest BCUT2D eigenvalue weighted by atomic mass is 11.1. The SMILES string of the molecule is S=C1[N]NCN1. The van der Waals surface area contributed by atoms with Crippen LogP contribution in [0.4, 0.5) is 0 Å². The molecule has 1 rings (SSSR count). The number of nitrogens with zero attached hydrogens (tertiary/aromatic N) is 1. The monoisotopic (exact) mass is 102 g/mol. The third-order valence-electron chi connectivity index (χ3n) is 0.499. The quantitative estimate of drug-likeness (QED) is 0.383. The van der Waals surface area contributed by atoms with Crippen molar-refractivity contribution >= 4 is 17.3 Å². The summed E-state index contributed by atoms with van der Waals surface area (Å²) in [6.07, 6.45) is 0. The van der Waals surface area contributed by atoms with Crippen LogP contribution in [0.3, 0.4) is 0 Å². The largest absolute Gasteiger partial charge is 0.346 e. The minimum Gasteiger partial charge on any atom is -0.346 e. The second-order valence-electron chi connectivity index (χ2n) is 0.929. The van der Waals surface area contributed by atoms with Crippen molar-refractivity contribution in [3.05, 3.63) is 0 Å². The summed E-state index contributed by atoms with van der Waals surface area (Å²) in [5.74, 6) is 0. The highest BCUT2D eigenvalue weighted by Gasteiger charge is 2.00. The van der Waals surface area contributed by atoms with Crippen molar-refractivity contribution in [1.29, 1.82) is 0 Å². The van der Waals surface area contributed by atoms with Crippen molar-refractivity contribution in [2.75, 3.05) is 6.67 Å². The van der Waals surface area contributed by atoms with Crippen LogP contribution in [0.1, 0.15) is 0 Å². The lowest BCUT2D eigenvalue weighted by Crippen LogP contribution is -2.16. The maximum absolute atomic E-state index is 4.58. The van der Waals surface area contributed by atoms with Crippen LogP contribution in [-0.4, -0.2) is 11.8 Å². The summed E-state index contributed by atoms with van der Waals surface area (Å²) in [5, 5.41) is 3.32. The molecule has 33 valence electrons. The standard InChI is InChI=1S/C2H4N3S/c6-2-3-1-4-5-2/h4H,1H2,(H,3,6). The van der Waals surface area contributed by atoms with Gasteiger partial charge in [-0.25, -0.2) is 0 Å². The van der Waals surface area contributed by atoms with Crippen LogP contribution in [0, 0.1) is 0 Å². The zero-order valence-electron chi connectivity index (χ0n) is 3.06. The Labute approximate surface area is 41.1 Å². The van der Waals surface area contributed by atoms with Crippen LogP contribution in [0.2, 0.25) is 0 Å². The van der Waals surface area contributed by atoms with Gasteiger partial charge in [-0.1, -0.05) is 0 Å². The molecule has 1 heterocycles. The topological polar surface area (TPSA) is 38.2 Å². The Morgan fingerprint density at radius 3 is 2.83 bits per heavy atom. The number of hydrogen-bond donors (Lipinski definition) is 2. The highest BCUT2D eigenvalue weighted by Crippen LogP contribution is 1.68. The first-order chi connectivity index (χ1) is 2.89. The molecule has 1 aliphatic rings. The van der Waals surface area contributed by atoms with E-state index in [1.54, 1.807) is 0 Å². The van der Waals surface area contributed by atoms with Crippen LogP contribution in [0.5, 0.6) is 0 Å². The first-order valence-corrected chi connectivity index (χ1v) is 2.02. The van der Waals surface area contributed by atoms with Crippen LogP contribution in [0.15, 0.2) is 0 Å². The van der Waals surface area contributed by atoms with E-state index in [-0.39, 0.29) is 0 Å². The molecule has 0 atom stereocenters. The fourth-order valence-electron chi connectivity index (χ4n) is 0.266. The molecule has 1 saturated heterocycles. The molecule has 6 heavy (non-hydrogen) atoms. The van der Waals surface area contributed by atoms with E-state index < -0.39 is 0 Å². The molecule has 0 aromatic carbocycles. The minimum atomic E-state index is 0.551. The fourth-order valence-corrected chi connectivity index (χ4v) is 0.403. The predicted molar refractivity (Wildman–Crippen MR) is 25.9 cm³/mol. The van der Waals surface area contributed by atoms with Gasteiger partial charge in [0.25, 0.3) is 0 Å². The Balaban J connectivity index is 2.37. The normalized spacial score (nSPS) is 19.7. The lowest BCUT2D eigenvalue weighted by Gasteiger charge is -1.79. The molecule has 1 radical (unpaired) electrons. The smallest absolute Gasteiger partial charge is 0.206 e. The summed E-state index contributed by atoms with van der Waals surface area (Å²) in [6, 6.07) is 0. The van der Waals surface area contributed by atoms with Crippen LogP contribution >= 0.6 is 12.2 Å². The van der Waals surface area contributed by atoms with Gasteiger partial charge in [0.2, 0.25) is 5.11 Å². The van der Waals surface area contributed by atoms with Gasteiger partial charge >= 0.3 is 0 Å².